The van der Waals surface area contributed by atoms with Crippen LogP contribution in [0.3, 0.4) is 0 Å². The summed E-state index contributed by atoms with van der Waals surface area (Å²) in [6.07, 6.45) is 4.48. The number of fused-ring (bicyclic) bond motifs is 1. The lowest BCUT2D eigenvalue weighted by Crippen LogP contribution is -2.36. The summed E-state index contributed by atoms with van der Waals surface area (Å²) in [5.74, 6) is 0.200. The van der Waals surface area contributed by atoms with Gasteiger partial charge in [0.1, 0.15) is 18.1 Å². The van der Waals surface area contributed by atoms with Gasteiger partial charge in [0.25, 0.3) is 11.8 Å². The topological polar surface area (TPSA) is 184 Å². The van der Waals surface area contributed by atoms with E-state index in [9.17, 15) is 24.0 Å². The molecular weight excluding hydrogens is 646 g/mol. The molecule has 16 heteroatoms. The Morgan fingerprint density at radius 2 is 1.71 bits per heavy atom. The molecule has 0 radical (unpaired) electrons. The van der Waals surface area contributed by atoms with Crippen molar-refractivity contribution in [2.45, 2.75) is 55.9 Å². The molecule has 3 aliphatic heterocycles. The van der Waals surface area contributed by atoms with E-state index in [0.29, 0.717) is 67.8 Å². The van der Waals surface area contributed by atoms with Crippen molar-refractivity contribution in [3.63, 3.8) is 0 Å². The monoisotopic (exact) mass is 685 g/mol. The number of carbonyl (C=O) groups excluding carboxylic acids is 5. The van der Waals surface area contributed by atoms with Crippen molar-refractivity contribution in [3.8, 4) is 17.4 Å². The Labute approximate surface area is 281 Å². The molecule has 3 fully saturated rings. The highest BCUT2D eigenvalue weighted by Crippen LogP contribution is 2.33. The summed E-state index contributed by atoms with van der Waals surface area (Å²) < 4.78 is 22.5. The van der Waals surface area contributed by atoms with Crippen LogP contribution in [0, 0.1) is 0 Å². The molecule has 4 heterocycles. The van der Waals surface area contributed by atoms with Crippen molar-refractivity contribution in [1.29, 1.82) is 0 Å². The second kappa shape index (κ2) is 17.7. The van der Waals surface area contributed by atoms with Crippen molar-refractivity contribution in [2.24, 2.45) is 0 Å². The van der Waals surface area contributed by atoms with E-state index in [4.69, 9.17) is 23.8 Å². The molecule has 48 heavy (non-hydrogen) atoms. The van der Waals surface area contributed by atoms with Crippen LogP contribution < -0.4 is 25.4 Å². The molecule has 3 saturated heterocycles. The minimum absolute atomic E-state index is 0.0116. The first-order valence-corrected chi connectivity index (χ1v) is 17.0. The van der Waals surface area contributed by atoms with Crippen LogP contribution in [0.5, 0.6) is 17.4 Å². The smallest absolute Gasteiger partial charge is 0.365 e. The molecule has 0 aliphatic carbocycles. The van der Waals surface area contributed by atoms with E-state index in [0.717, 1.165) is 25.0 Å². The molecule has 1 aromatic carbocycles. The Hall–Kier alpha value is -4.41. The fourth-order valence-corrected chi connectivity index (χ4v) is 6.81. The third-order valence-electron chi connectivity index (χ3n) is 7.70. The highest BCUT2D eigenvalue weighted by Gasteiger charge is 2.42. The summed E-state index contributed by atoms with van der Waals surface area (Å²) >= 11 is 1.89. The van der Waals surface area contributed by atoms with Gasteiger partial charge < -0.3 is 39.7 Å². The molecule has 0 spiro atoms. The first-order chi connectivity index (χ1) is 23.4. The van der Waals surface area contributed by atoms with Gasteiger partial charge in [-0.1, -0.05) is 12.5 Å². The van der Waals surface area contributed by atoms with E-state index < -0.39 is 17.8 Å². The maximum Gasteiger partial charge on any atom is 0.365 e. The molecular formula is C32H39N5O10S. The fraction of sp³-hybridized carbons (Fsp3) is 0.500. The van der Waals surface area contributed by atoms with Gasteiger partial charge in [-0.3, -0.25) is 14.4 Å². The summed E-state index contributed by atoms with van der Waals surface area (Å²) in [6.45, 7) is 2.28. The van der Waals surface area contributed by atoms with E-state index >= 15 is 0 Å². The van der Waals surface area contributed by atoms with E-state index in [1.54, 1.807) is 24.3 Å². The van der Waals surface area contributed by atoms with Gasteiger partial charge in [0.2, 0.25) is 11.8 Å². The summed E-state index contributed by atoms with van der Waals surface area (Å²) in [5, 5.41) is 9.70. The average Bonchev–Trinajstić information content (AvgIpc) is 3.74. The number of nitrogens with one attached hydrogen (secondary N) is 3. The molecule has 15 nitrogen and oxygen atoms in total. The van der Waals surface area contributed by atoms with E-state index in [1.165, 1.54) is 18.3 Å². The highest BCUT2D eigenvalue weighted by atomic mass is 32.2. The number of unbranched alkanes of at least 4 members (excludes halogenated alkanes) is 1. The lowest BCUT2D eigenvalue weighted by atomic mass is 10.0. The second-order valence-corrected chi connectivity index (χ2v) is 12.5. The number of imide groups is 1. The molecule has 5 rings (SSSR count). The Kier molecular flexibility index (Phi) is 12.8. The number of hydrogen-bond donors (Lipinski definition) is 3. The molecule has 258 valence electrons. The number of hydrogen-bond acceptors (Lipinski definition) is 12. The number of thioether (sulfide) groups is 1. The van der Waals surface area contributed by atoms with Gasteiger partial charge in [0, 0.05) is 55.1 Å². The number of rotatable bonds is 19. The van der Waals surface area contributed by atoms with Crippen molar-refractivity contribution in [3.05, 3.63) is 48.2 Å². The zero-order chi connectivity index (χ0) is 33.7. The van der Waals surface area contributed by atoms with Gasteiger partial charge in [-0.05, 0) is 31.0 Å². The van der Waals surface area contributed by atoms with Gasteiger partial charge in [0.15, 0.2) is 0 Å². The molecule has 0 saturated carbocycles. The van der Waals surface area contributed by atoms with Crippen LogP contribution in [-0.4, -0.2) is 102 Å². The normalized spacial score (nSPS) is 19.9. The van der Waals surface area contributed by atoms with E-state index in [1.807, 2.05) is 11.8 Å². The molecule has 3 aliphatic rings. The number of amides is 5. The van der Waals surface area contributed by atoms with E-state index in [2.05, 4.69) is 20.9 Å². The number of nitrogens with zero attached hydrogens (tertiary/aromatic N) is 2. The van der Waals surface area contributed by atoms with Crippen LogP contribution in [0.1, 0.15) is 48.9 Å². The quantitative estimate of drug-likeness (QED) is 0.112. The predicted molar refractivity (Wildman–Crippen MR) is 171 cm³/mol. The van der Waals surface area contributed by atoms with Crippen LogP contribution in [0.25, 0.3) is 0 Å². The van der Waals surface area contributed by atoms with Crippen LogP contribution in [0.2, 0.25) is 0 Å². The van der Waals surface area contributed by atoms with Crippen LogP contribution >= 0.6 is 11.8 Å². The zero-order valence-electron chi connectivity index (χ0n) is 26.4. The molecule has 3 N–H and O–H groups in total. The lowest BCUT2D eigenvalue weighted by molar-refractivity contribution is -0.172. The number of ether oxygens (including phenoxy) is 4. The molecule has 0 bridgehead atoms. The van der Waals surface area contributed by atoms with E-state index in [-0.39, 0.29) is 48.3 Å². The van der Waals surface area contributed by atoms with Crippen LogP contribution in [0.4, 0.5) is 4.79 Å². The second-order valence-electron chi connectivity index (χ2n) is 11.2. The third kappa shape index (κ3) is 10.3. The summed E-state index contributed by atoms with van der Waals surface area (Å²) in [4.78, 5) is 68.0. The molecule has 3 atom stereocenters. The number of benzene rings is 1. The van der Waals surface area contributed by atoms with Crippen LogP contribution in [-0.2, 0) is 28.7 Å². The van der Waals surface area contributed by atoms with Crippen molar-refractivity contribution >= 4 is 41.5 Å². The van der Waals surface area contributed by atoms with Crippen molar-refractivity contribution < 1.29 is 47.8 Å². The maximum atomic E-state index is 12.2. The summed E-state index contributed by atoms with van der Waals surface area (Å²) in [5.41, 5.74) is 0.0549. The zero-order valence-corrected chi connectivity index (χ0v) is 27.2. The fourth-order valence-electron chi connectivity index (χ4n) is 5.27. The summed E-state index contributed by atoms with van der Waals surface area (Å²) in [7, 11) is 0. The standard InChI is InChI=1S/C32H39N5O10S/c38-26(7-2-1-6-25-30-24(20-48-25)35-32(42)36-30)33-12-13-43-14-15-44-16-17-45-22-4-3-5-23(18-22)46-27-9-8-21(19-34-27)31(41)47-37-28(39)10-11-29(37)40/h3-5,8-9,18-19,24-25,30H,1-2,6-7,10-17,20H2,(H,33,38)(H2,35,36,42)/t24-,25-,30-/m0/s1. The third-order valence-corrected chi connectivity index (χ3v) is 9.21. The predicted octanol–water partition coefficient (Wildman–Crippen LogP) is 2.35. The van der Waals surface area contributed by atoms with Gasteiger partial charge in [-0.15, -0.1) is 5.06 Å². The van der Waals surface area contributed by atoms with Crippen LogP contribution in [0.15, 0.2) is 42.6 Å². The molecule has 5 amide bonds. The van der Waals surface area contributed by atoms with Gasteiger partial charge in [-0.25, -0.2) is 14.6 Å². The number of urea groups is 1. The molecule has 1 aromatic heterocycles. The lowest BCUT2D eigenvalue weighted by Gasteiger charge is -2.16. The molecule has 2 aromatic rings. The number of aromatic nitrogens is 1. The number of pyridine rings is 1. The Morgan fingerprint density at radius 1 is 0.938 bits per heavy atom. The van der Waals surface area contributed by atoms with Gasteiger partial charge in [-0.2, -0.15) is 11.8 Å². The largest absolute Gasteiger partial charge is 0.491 e. The number of carbonyl (C=O) groups is 5. The maximum absolute atomic E-state index is 12.2. The molecule has 0 unspecified atom stereocenters. The van der Waals surface area contributed by atoms with Crippen molar-refractivity contribution in [2.75, 3.05) is 45.3 Å². The van der Waals surface area contributed by atoms with Crippen molar-refractivity contribution in [1.82, 2.24) is 26.0 Å². The highest BCUT2D eigenvalue weighted by molar-refractivity contribution is 8.00. The Balaban J connectivity index is 0.861. The van der Waals surface area contributed by atoms with Gasteiger partial charge in [0.05, 0.1) is 44.1 Å². The Morgan fingerprint density at radius 3 is 2.50 bits per heavy atom. The first-order valence-electron chi connectivity index (χ1n) is 15.9. The minimum atomic E-state index is -0.874. The number of hydroxylamine groups is 2. The first kappa shape index (κ1) is 34.9. The average molecular weight is 686 g/mol. The Bertz CT molecular complexity index is 1430. The van der Waals surface area contributed by atoms with Gasteiger partial charge >= 0.3 is 12.0 Å². The SMILES string of the molecule is O=C(CCCC[C@@H]1SC[C@@H]2NC(=O)N[C@@H]21)NCCOCCOCCOc1cccc(Oc2ccc(C(=O)ON3C(=O)CCC3=O)cn2)c1. The summed E-state index contributed by atoms with van der Waals surface area (Å²) in [6, 6.07) is 10.2. The minimum Gasteiger partial charge on any atom is -0.491 e.